The number of carbonyl (C=O) groups excluding carboxylic acids is 2. The molecular formula is C23H28N4O2. The molecule has 0 aliphatic carbocycles. The zero-order valence-corrected chi connectivity index (χ0v) is 16.9. The van der Waals surface area contributed by atoms with Crippen molar-refractivity contribution in [1.82, 2.24) is 20.1 Å². The van der Waals surface area contributed by atoms with Crippen molar-refractivity contribution in [3.05, 3.63) is 71.6 Å². The van der Waals surface area contributed by atoms with Gasteiger partial charge in [-0.05, 0) is 18.1 Å². The largest absolute Gasteiger partial charge is 0.352 e. The number of aromatic nitrogens is 1. The molecule has 152 valence electrons. The molecule has 2 heterocycles. The summed E-state index contributed by atoms with van der Waals surface area (Å²) in [7, 11) is 0. The van der Waals surface area contributed by atoms with Gasteiger partial charge in [0.05, 0.1) is 11.1 Å². The number of rotatable bonds is 7. The first-order chi connectivity index (χ1) is 14.2. The summed E-state index contributed by atoms with van der Waals surface area (Å²) < 4.78 is 0. The highest BCUT2D eigenvalue weighted by Crippen LogP contribution is 2.11. The summed E-state index contributed by atoms with van der Waals surface area (Å²) >= 11 is 0. The molecule has 1 aromatic carbocycles. The molecule has 29 heavy (non-hydrogen) atoms. The van der Waals surface area contributed by atoms with E-state index in [4.69, 9.17) is 0 Å². The van der Waals surface area contributed by atoms with Gasteiger partial charge < -0.3 is 10.2 Å². The lowest BCUT2D eigenvalue weighted by Gasteiger charge is -2.34. The van der Waals surface area contributed by atoms with Crippen molar-refractivity contribution >= 4 is 17.9 Å². The standard InChI is InChI=1S/C23H28N4O2/c1-2-10-25-22(28)20-16-21(18-24-17-20)23(29)27-14-12-26(13-15-27)11-6-9-19-7-4-3-5-8-19/h3-9,16-18H,2,10-15H2,1H3,(H,25,28)/b9-6+. The summed E-state index contributed by atoms with van der Waals surface area (Å²) in [6.45, 7) is 6.47. The summed E-state index contributed by atoms with van der Waals surface area (Å²) in [5.74, 6) is -0.258. The molecule has 1 N–H and O–H groups in total. The summed E-state index contributed by atoms with van der Waals surface area (Å²) in [6.07, 6.45) is 8.18. The van der Waals surface area contributed by atoms with Gasteiger partial charge >= 0.3 is 0 Å². The fourth-order valence-corrected chi connectivity index (χ4v) is 3.24. The highest BCUT2D eigenvalue weighted by molar-refractivity contribution is 5.99. The van der Waals surface area contributed by atoms with Crippen molar-refractivity contribution in [2.75, 3.05) is 39.3 Å². The number of carbonyl (C=O) groups is 2. The number of nitrogens with zero attached hydrogens (tertiary/aromatic N) is 3. The van der Waals surface area contributed by atoms with Crippen molar-refractivity contribution in [1.29, 1.82) is 0 Å². The Balaban J connectivity index is 1.51. The lowest BCUT2D eigenvalue weighted by molar-refractivity contribution is 0.0650. The van der Waals surface area contributed by atoms with Gasteiger partial charge in [0.25, 0.3) is 11.8 Å². The minimum Gasteiger partial charge on any atom is -0.352 e. The number of hydrogen-bond acceptors (Lipinski definition) is 4. The van der Waals surface area contributed by atoms with Crippen molar-refractivity contribution in [2.45, 2.75) is 13.3 Å². The minimum absolute atomic E-state index is 0.0675. The Kier molecular flexibility index (Phi) is 7.53. The molecule has 6 nitrogen and oxygen atoms in total. The van der Waals surface area contributed by atoms with E-state index in [1.54, 1.807) is 6.07 Å². The minimum atomic E-state index is -0.191. The number of pyridine rings is 1. The molecule has 1 fully saturated rings. The van der Waals surface area contributed by atoms with Gasteiger partial charge in [0.2, 0.25) is 0 Å². The van der Waals surface area contributed by atoms with Crippen LogP contribution in [-0.4, -0.2) is 65.9 Å². The Morgan fingerprint density at radius 2 is 1.79 bits per heavy atom. The second-order valence-electron chi connectivity index (χ2n) is 7.12. The Morgan fingerprint density at radius 3 is 2.52 bits per heavy atom. The van der Waals surface area contributed by atoms with E-state index >= 15 is 0 Å². The molecule has 0 saturated carbocycles. The maximum Gasteiger partial charge on any atom is 0.255 e. The van der Waals surface area contributed by atoms with Crippen LogP contribution in [-0.2, 0) is 0 Å². The summed E-state index contributed by atoms with van der Waals surface area (Å²) in [6, 6.07) is 11.9. The predicted molar refractivity (Wildman–Crippen MR) is 115 cm³/mol. The number of piperazine rings is 1. The summed E-state index contributed by atoms with van der Waals surface area (Å²) in [5.41, 5.74) is 2.08. The summed E-state index contributed by atoms with van der Waals surface area (Å²) in [4.78, 5) is 33.2. The maximum absolute atomic E-state index is 12.8. The third-order valence-electron chi connectivity index (χ3n) is 4.92. The molecule has 1 saturated heterocycles. The number of benzene rings is 1. The highest BCUT2D eigenvalue weighted by atomic mass is 16.2. The van der Waals surface area contributed by atoms with Crippen LogP contribution >= 0.6 is 0 Å². The van der Waals surface area contributed by atoms with Gasteiger partial charge in [-0.2, -0.15) is 0 Å². The van der Waals surface area contributed by atoms with Gasteiger partial charge in [-0.25, -0.2) is 0 Å². The first kappa shape index (κ1) is 20.7. The Labute approximate surface area is 172 Å². The van der Waals surface area contributed by atoms with Crippen LogP contribution in [0.4, 0.5) is 0 Å². The molecule has 1 aromatic heterocycles. The van der Waals surface area contributed by atoms with Gasteiger partial charge in [-0.1, -0.05) is 49.4 Å². The zero-order chi connectivity index (χ0) is 20.5. The van der Waals surface area contributed by atoms with E-state index in [9.17, 15) is 9.59 Å². The van der Waals surface area contributed by atoms with Gasteiger partial charge in [0.1, 0.15) is 0 Å². The molecule has 2 aromatic rings. The molecule has 1 aliphatic heterocycles. The van der Waals surface area contributed by atoms with Gasteiger partial charge in [-0.15, -0.1) is 0 Å². The SMILES string of the molecule is CCCNC(=O)c1cncc(C(=O)N2CCN(C/C=C/c3ccccc3)CC2)c1. The molecule has 0 unspecified atom stereocenters. The fraction of sp³-hybridized carbons (Fsp3) is 0.348. The van der Waals surface area contributed by atoms with Crippen molar-refractivity contribution in [2.24, 2.45) is 0 Å². The molecule has 6 heteroatoms. The van der Waals surface area contributed by atoms with Crippen LogP contribution in [0.2, 0.25) is 0 Å². The third kappa shape index (κ3) is 5.99. The van der Waals surface area contributed by atoms with E-state index in [1.165, 1.54) is 18.0 Å². The molecule has 1 aliphatic rings. The lowest BCUT2D eigenvalue weighted by atomic mass is 10.1. The first-order valence-corrected chi connectivity index (χ1v) is 10.1. The molecule has 0 spiro atoms. The number of nitrogens with one attached hydrogen (secondary N) is 1. The van der Waals surface area contributed by atoms with E-state index in [1.807, 2.05) is 30.0 Å². The van der Waals surface area contributed by atoms with Crippen LogP contribution in [0.15, 0.2) is 54.9 Å². The Morgan fingerprint density at radius 1 is 1.07 bits per heavy atom. The van der Waals surface area contributed by atoms with Crippen molar-refractivity contribution in [3.63, 3.8) is 0 Å². The highest BCUT2D eigenvalue weighted by Gasteiger charge is 2.22. The molecule has 0 bridgehead atoms. The van der Waals surface area contributed by atoms with E-state index < -0.39 is 0 Å². The van der Waals surface area contributed by atoms with Crippen molar-refractivity contribution in [3.8, 4) is 0 Å². The average Bonchev–Trinajstić information content (AvgIpc) is 2.78. The average molecular weight is 393 g/mol. The molecule has 3 rings (SSSR count). The monoisotopic (exact) mass is 392 g/mol. The topological polar surface area (TPSA) is 65.5 Å². The van der Waals surface area contributed by atoms with Crippen molar-refractivity contribution < 1.29 is 9.59 Å². The normalized spacial score (nSPS) is 14.9. The number of amides is 2. The van der Waals surface area contributed by atoms with Crippen LogP contribution in [0.1, 0.15) is 39.6 Å². The van der Waals surface area contributed by atoms with E-state index in [-0.39, 0.29) is 11.8 Å². The number of hydrogen-bond donors (Lipinski definition) is 1. The van der Waals surface area contributed by atoms with Gasteiger partial charge in [0, 0.05) is 51.7 Å². The predicted octanol–water partition coefficient (Wildman–Crippen LogP) is 2.69. The quantitative estimate of drug-likeness (QED) is 0.787. The summed E-state index contributed by atoms with van der Waals surface area (Å²) in [5, 5.41) is 2.81. The second-order valence-corrected chi connectivity index (χ2v) is 7.12. The van der Waals surface area contributed by atoms with Crippen LogP contribution < -0.4 is 5.32 Å². The van der Waals surface area contributed by atoms with Gasteiger partial charge in [0.15, 0.2) is 0 Å². The smallest absolute Gasteiger partial charge is 0.255 e. The van der Waals surface area contributed by atoms with Gasteiger partial charge in [-0.3, -0.25) is 19.5 Å². The Hall–Kier alpha value is -2.99. The Bertz CT molecular complexity index is 843. The maximum atomic E-state index is 12.8. The van der Waals surface area contributed by atoms with E-state index in [0.717, 1.165) is 26.1 Å². The fourth-order valence-electron chi connectivity index (χ4n) is 3.24. The molecule has 0 atom stereocenters. The van der Waals surface area contributed by atoms with Crippen LogP contribution in [0.3, 0.4) is 0 Å². The lowest BCUT2D eigenvalue weighted by Crippen LogP contribution is -2.48. The molecule has 2 amide bonds. The van der Waals surface area contributed by atoms with E-state index in [0.29, 0.717) is 30.8 Å². The molecule has 0 radical (unpaired) electrons. The first-order valence-electron chi connectivity index (χ1n) is 10.1. The van der Waals surface area contributed by atoms with Crippen LogP contribution in [0, 0.1) is 0 Å². The van der Waals surface area contributed by atoms with Crippen LogP contribution in [0.25, 0.3) is 6.08 Å². The van der Waals surface area contributed by atoms with Crippen LogP contribution in [0.5, 0.6) is 0 Å². The second kappa shape index (κ2) is 10.5. The zero-order valence-electron chi connectivity index (χ0n) is 16.9. The third-order valence-corrected chi connectivity index (χ3v) is 4.92. The molecular weight excluding hydrogens is 364 g/mol. The van der Waals surface area contributed by atoms with E-state index in [2.05, 4.69) is 39.5 Å².